The summed E-state index contributed by atoms with van der Waals surface area (Å²) in [6, 6.07) is 0. The molecule has 1 rings (SSSR count). The first-order valence-corrected chi connectivity index (χ1v) is 26.3. The van der Waals surface area contributed by atoms with Gasteiger partial charge in [0.15, 0.2) is 23.1 Å². The quantitative estimate of drug-likeness (QED) is 0.0204. The first kappa shape index (κ1) is 71.3. The average Bonchev–Trinajstić information content (AvgIpc) is 3.67. The summed E-state index contributed by atoms with van der Waals surface area (Å²) in [5.74, 6) is -18.7. The van der Waals surface area contributed by atoms with Gasteiger partial charge < -0.3 is 66.4 Å². The number of carbonyl (C=O) groups excluding carboxylic acids is 14. The van der Waals surface area contributed by atoms with Crippen LogP contribution >= 0.6 is 11.8 Å². The maximum absolute atomic E-state index is 12.9. The van der Waals surface area contributed by atoms with Crippen LogP contribution in [0.25, 0.3) is 0 Å². The van der Waals surface area contributed by atoms with Crippen molar-refractivity contribution in [2.45, 2.75) is 89.7 Å². The number of carboxylic acid groups (broad SMARTS) is 5. The molecule has 10 amide bonds. The molecule has 33 nitrogen and oxygen atoms in total. The molecule has 0 radical (unpaired) electrons. The van der Waals surface area contributed by atoms with E-state index in [2.05, 4.69) is 21.3 Å². The van der Waals surface area contributed by atoms with Gasteiger partial charge in [-0.3, -0.25) is 96.0 Å². The molecule has 0 aromatic rings. The topological polar surface area (TPSA) is 490 Å². The zero-order valence-electron chi connectivity index (χ0n) is 45.0. The predicted molar refractivity (Wildman–Crippen MR) is 275 cm³/mol. The molecule has 34 heteroatoms. The number of ketones is 4. The molecule has 454 valence electrons. The van der Waals surface area contributed by atoms with Crippen LogP contribution in [-0.2, 0) is 91.1 Å². The van der Waals surface area contributed by atoms with Crippen molar-refractivity contribution in [3.63, 3.8) is 0 Å². The zero-order valence-corrected chi connectivity index (χ0v) is 45.8. The van der Waals surface area contributed by atoms with Crippen molar-refractivity contribution in [3.8, 4) is 0 Å². The SMILES string of the molecule is CCC(=O)N(CC(=O)O)CC(=O)NCC(=O)CCC(=O)N(CC(=O)O)CC(=O)CCCNC(=O)CN(CC(=O)O)C(=O)CNC(=O)CCC(=O)CN(CC(=O)O)C(=O)CCC(=O)CNC(=O)CCN1C(=O)CC(SCC(C)C(=O)O)C1=O. The lowest BCUT2D eigenvalue weighted by Crippen LogP contribution is -2.47. The van der Waals surface area contributed by atoms with Crippen molar-refractivity contribution < 1.29 is 117 Å². The Morgan fingerprint density at radius 2 is 0.902 bits per heavy atom. The Labute approximate surface area is 471 Å². The minimum atomic E-state index is -1.56. The maximum Gasteiger partial charge on any atom is 0.323 e. The fourth-order valence-corrected chi connectivity index (χ4v) is 8.21. The van der Waals surface area contributed by atoms with Crippen molar-refractivity contribution in [2.75, 3.05) is 90.8 Å². The molecular formula is C48H67N9O24S. The number of aliphatic carboxylic acids is 5. The lowest BCUT2D eigenvalue weighted by atomic mass is 10.1. The van der Waals surface area contributed by atoms with Crippen LogP contribution in [-0.4, -0.2) is 258 Å². The fraction of sp³-hybridized carbons (Fsp3) is 0.604. The summed E-state index contributed by atoms with van der Waals surface area (Å²) in [4.78, 5) is 235. The van der Waals surface area contributed by atoms with Crippen LogP contribution in [0.3, 0.4) is 0 Å². The van der Waals surface area contributed by atoms with Gasteiger partial charge in [-0.1, -0.05) is 13.8 Å². The van der Waals surface area contributed by atoms with Crippen molar-refractivity contribution in [2.24, 2.45) is 5.92 Å². The zero-order chi connectivity index (χ0) is 62.2. The van der Waals surface area contributed by atoms with Gasteiger partial charge in [-0.25, -0.2) is 0 Å². The van der Waals surface area contributed by atoms with Crippen molar-refractivity contribution in [3.05, 3.63) is 0 Å². The normalized spacial score (nSPS) is 12.9. The summed E-state index contributed by atoms with van der Waals surface area (Å²) in [6.07, 6.45) is -4.38. The van der Waals surface area contributed by atoms with Crippen LogP contribution in [0, 0.1) is 5.92 Å². The van der Waals surface area contributed by atoms with E-state index < -0.39 is 234 Å². The third-order valence-corrected chi connectivity index (χ3v) is 12.8. The molecule has 0 bridgehead atoms. The first-order valence-electron chi connectivity index (χ1n) is 25.2. The number of thioether (sulfide) groups is 1. The number of nitrogens with zero attached hydrogens (tertiary/aromatic N) is 5. The molecule has 1 fully saturated rings. The second-order valence-electron chi connectivity index (χ2n) is 18.3. The van der Waals surface area contributed by atoms with E-state index in [0.29, 0.717) is 14.7 Å². The number of amides is 10. The molecule has 0 aromatic heterocycles. The molecule has 82 heavy (non-hydrogen) atoms. The van der Waals surface area contributed by atoms with Gasteiger partial charge in [0.25, 0.3) is 0 Å². The Morgan fingerprint density at radius 1 is 0.488 bits per heavy atom. The van der Waals surface area contributed by atoms with Crippen LogP contribution in [0.5, 0.6) is 0 Å². The van der Waals surface area contributed by atoms with Crippen molar-refractivity contribution >= 4 is 124 Å². The molecule has 0 aromatic carbocycles. The Morgan fingerprint density at radius 3 is 1.38 bits per heavy atom. The van der Waals surface area contributed by atoms with Gasteiger partial charge in [-0.15, -0.1) is 11.8 Å². The number of hydrogen-bond donors (Lipinski definition) is 9. The number of nitrogens with one attached hydrogen (secondary N) is 4. The largest absolute Gasteiger partial charge is 0.481 e. The second-order valence-corrected chi connectivity index (χ2v) is 19.5. The molecule has 0 spiro atoms. The lowest BCUT2D eigenvalue weighted by Gasteiger charge is -2.21. The van der Waals surface area contributed by atoms with E-state index in [4.69, 9.17) is 10.2 Å². The molecule has 1 aliphatic heterocycles. The minimum absolute atomic E-state index is 0.0850. The number of carbonyl (C=O) groups is 19. The van der Waals surface area contributed by atoms with Gasteiger partial charge in [0, 0.05) is 83.1 Å². The molecule has 0 aliphatic carbocycles. The number of rotatable bonds is 43. The van der Waals surface area contributed by atoms with Crippen LogP contribution in [0.1, 0.15) is 84.5 Å². The van der Waals surface area contributed by atoms with E-state index >= 15 is 0 Å². The number of hydrogen-bond acceptors (Lipinski definition) is 20. The smallest absolute Gasteiger partial charge is 0.323 e. The van der Waals surface area contributed by atoms with E-state index in [-0.39, 0.29) is 50.9 Å². The third-order valence-electron chi connectivity index (χ3n) is 11.4. The summed E-state index contributed by atoms with van der Waals surface area (Å²) in [5.41, 5.74) is 0. The van der Waals surface area contributed by atoms with Crippen LogP contribution in [0.4, 0.5) is 0 Å². The summed E-state index contributed by atoms with van der Waals surface area (Å²) in [6.45, 7) is -6.39. The van der Waals surface area contributed by atoms with E-state index in [1.165, 1.54) is 13.8 Å². The van der Waals surface area contributed by atoms with Gasteiger partial charge in [0.05, 0.1) is 43.9 Å². The fourth-order valence-electron chi connectivity index (χ4n) is 7.02. The van der Waals surface area contributed by atoms with Crippen LogP contribution in [0.15, 0.2) is 0 Å². The van der Waals surface area contributed by atoms with Gasteiger partial charge in [-0.05, 0) is 6.42 Å². The van der Waals surface area contributed by atoms with E-state index in [0.717, 1.165) is 21.6 Å². The molecule has 2 atom stereocenters. The average molecular weight is 1190 g/mol. The first-order chi connectivity index (χ1) is 38.4. The van der Waals surface area contributed by atoms with Crippen molar-refractivity contribution in [1.82, 2.24) is 45.8 Å². The summed E-state index contributed by atoms with van der Waals surface area (Å²) in [7, 11) is 0. The molecular weight excluding hydrogens is 1120 g/mol. The van der Waals surface area contributed by atoms with Gasteiger partial charge in [0.1, 0.15) is 39.3 Å². The molecule has 1 aliphatic rings. The number of Topliss-reactive ketones (excluding diaryl/α,β-unsaturated/α-hetero) is 4. The summed E-state index contributed by atoms with van der Waals surface area (Å²) < 4.78 is 0. The van der Waals surface area contributed by atoms with E-state index in [1.807, 2.05) is 0 Å². The van der Waals surface area contributed by atoms with Gasteiger partial charge in [0.2, 0.25) is 59.1 Å². The monoisotopic (exact) mass is 1190 g/mol. The minimum Gasteiger partial charge on any atom is -0.481 e. The highest BCUT2D eigenvalue weighted by Crippen LogP contribution is 2.27. The van der Waals surface area contributed by atoms with E-state index in [9.17, 15) is 106 Å². The molecule has 1 heterocycles. The van der Waals surface area contributed by atoms with Gasteiger partial charge >= 0.3 is 29.8 Å². The molecule has 1 saturated heterocycles. The second kappa shape index (κ2) is 37.3. The highest BCUT2D eigenvalue weighted by molar-refractivity contribution is 8.00. The Bertz CT molecular complexity index is 2470. The Balaban J connectivity index is 2.56. The molecule has 9 N–H and O–H groups in total. The molecule has 0 saturated carbocycles. The van der Waals surface area contributed by atoms with E-state index in [1.54, 1.807) is 0 Å². The Kier molecular flexibility index (Phi) is 32.4. The highest BCUT2D eigenvalue weighted by atomic mass is 32.2. The number of likely N-dealkylation sites (tertiary alicyclic amines) is 1. The maximum atomic E-state index is 12.9. The van der Waals surface area contributed by atoms with Crippen molar-refractivity contribution in [1.29, 1.82) is 0 Å². The van der Waals surface area contributed by atoms with Crippen LogP contribution < -0.4 is 21.3 Å². The summed E-state index contributed by atoms with van der Waals surface area (Å²) >= 11 is 1.01. The van der Waals surface area contributed by atoms with Crippen LogP contribution in [0.2, 0.25) is 0 Å². The lowest BCUT2D eigenvalue weighted by molar-refractivity contribution is -0.146. The number of carboxylic acids is 5. The predicted octanol–water partition coefficient (Wildman–Crippen LogP) is -5.12. The molecule has 2 unspecified atom stereocenters. The highest BCUT2D eigenvalue weighted by Gasteiger charge is 2.39. The van der Waals surface area contributed by atoms with Gasteiger partial charge in [-0.2, -0.15) is 0 Å². The summed E-state index contributed by atoms with van der Waals surface area (Å²) in [5, 5.41) is 54.1. The third kappa shape index (κ3) is 30.0. The standard InChI is InChI=1S/C48H67N9O24S/c1-3-38(66)55(25-45(75)76)22-37(65)51-17-30(59)8-11-39(67)53(23-43(71)72)19-31(60)5-4-13-49-36(64)21-56(26-46(77)78)42(70)18-52-34(62)9-6-32(61)20-54(24-44(73)74)40(68)10-7-29(58)16-50-35(63)12-14-57-41(69)15-33(47(57)79)82-27-28(2)48(80)81/h28,33H,3-27H2,1-2H3,(H,49,64)(H,50,63)(H,51,65)(H,52,62)(H,71,72)(H,73,74)(H,75,76)(H,77,78)(H,80,81). The number of imide groups is 1. The Hall–Kier alpha value is -8.72.